The summed E-state index contributed by atoms with van der Waals surface area (Å²) >= 11 is 5.82. The standard InChI is InChI=1S/C11H13ClN2O5/c1-19-9-4-6(2-3-7(9)12)13-11(18)14-8(5-15)10(16)17/h2-4,8,15H,5H2,1H3,(H,16,17)(H2,13,14,18). The highest BCUT2D eigenvalue weighted by molar-refractivity contribution is 6.32. The number of carboxylic acid groups (broad SMARTS) is 1. The van der Waals surface area contributed by atoms with Crippen LogP contribution in [0.5, 0.6) is 5.75 Å². The Morgan fingerprint density at radius 1 is 1.47 bits per heavy atom. The van der Waals surface area contributed by atoms with Crippen molar-refractivity contribution in [2.45, 2.75) is 6.04 Å². The van der Waals surface area contributed by atoms with E-state index in [0.717, 1.165) is 0 Å². The monoisotopic (exact) mass is 288 g/mol. The van der Waals surface area contributed by atoms with Crippen LogP contribution in [0.2, 0.25) is 5.02 Å². The number of hydrogen-bond acceptors (Lipinski definition) is 4. The zero-order valence-electron chi connectivity index (χ0n) is 10.0. The van der Waals surface area contributed by atoms with Gasteiger partial charge in [-0.3, -0.25) is 0 Å². The fourth-order valence-electron chi connectivity index (χ4n) is 1.25. The number of rotatable bonds is 5. The Morgan fingerprint density at radius 3 is 2.68 bits per heavy atom. The van der Waals surface area contributed by atoms with Crippen LogP contribution < -0.4 is 15.4 Å². The lowest BCUT2D eigenvalue weighted by Gasteiger charge is -2.13. The number of nitrogens with one attached hydrogen (secondary N) is 2. The topological polar surface area (TPSA) is 108 Å². The number of urea groups is 1. The minimum absolute atomic E-state index is 0.372. The van der Waals surface area contributed by atoms with Gasteiger partial charge in [-0.15, -0.1) is 0 Å². The second-order valence-corrected chi connectivity index (χ2v) is 3.93. The zero-order valence-corrected chi connectivity index (χ0v) is 10.8. The van der Waals surface area contributed by atoms with Gasteiger partial charge in [-0.2, -0.15) is 0 Å². The summed E-state index contributed by atoms with van der Waals surface area (Å²) < 4.78 is 4.97. The van der Waals surface area contributed by atoms with E-state index in [9.17, 15) is 9.59 Å². The highest BCUT2D eigenvalue weighted by atomic mass is 35.5. The Labute approximate surface area is 114 Å². The van der Waals surface area contributed by atoms with Crippen molar-refractivity contribution in [1.82, 2.24) is 5.32 Å². The van der Waals surface area contributed by atoms with Gasteiger partial charge >= 0.3 is 12.0 Å². The van der Waals surface area contributed by atoms with Gasteiger partial charge in [0.2, 0.25) is 0 Å². The Hall–Kier alpha value is -1.99. The molecule has 19 heavy (non-hydrogen) atoms. The van der Waals surface area contributed by atoms with Crippen molar-refractivity contribution >= 4 is 29.3 Å². The average molecular weight is 289 g/mol. The third-order valence-corrected chi connectivity index (χ3v) is 2.51. The number of carboxylic acids is 1. The minimum Gasteiger partial charge on any atom is -0.495 e. The molecule has 0 fully saturated rings. The molecule has 0 aliphatic carbocycles. The Kier molecular flexibility index (Phi) is 5.40. The molecule has 104 valence electrons. The molecule has 1 rings (SSSR count). The number of aliphatic hydroxyl groups is 1. The van der Waals surface area contributed by atoms with Gasteiger partial charge in [-0.25, -0.2) is 9.59 Å². The summed E-state index contributed by atoms with van der Waals surface area (Å²) in [4.78, 5) is 22.1. The summed E-state index contributed by atoms with van der Waals surface area (Å²) in [6.07, 6.45) is 0. The van der Waals surface area contributed by atoms with Crippen LogP contribution >= 0.6 is 11.6 Å². The van der Waals surface area contributed by atoms with Crippen molar-refractivity contribution < 1.29 is 24.5 Å². The van der Waals surface area contributed by atoms with Crippen molar-refractivity contribution in [3.05, 3.63) is 23.2 Å². The molecule has 2 amide bonds. The maximum Gasteiger partial charge on any atom is 0.328 e. The Balaban J connectivity index is 2.69. The number of carbonyl (C=O) groups excluding carboxylic acids is 1. The molecular formula is C11H13ClN2O5. The summed E-state index contributed by atoms with van der Waals surface area (Å²) in [5.74, 6) is -0.956. The van der Waals surface area contributed by atoms with Crippen LogP contribution in [-0.2, 0) is 4.79 Å². The molecule has 1 unspecified atom stereocenters. The summed E-state index contributed by atoms with van der Waals surface area (Å²) in [5.41, 5.74) is 0.376. The van der Waals surface area contributed by atoms with Crippen molar-refractivity contribution in [1.29, 1.82) is 0 Å². The van der Waals surface area contributed by atoms with E-state index in [4.69, 9.17) is 26.6 Å². The summed E-state index contributed by atoms with van der Waals surface area (Å²) in [6.45, 7) is -0.702. The van der Waals surface area contributed by atoms with Crippen LogP contribution in [0, 0.1) is 0 Å². The number of methoxy groups -OCH3 is 1. The smallest absolute Gasteiger partial charge is 0.328 e. The van der Waals surface area contributed by atoms with Gasteiger partial charge < -0.3 is 25.6 Å². The van der Waals surface area contributed by atoms with Gasteiger partial charge in [-0.1, -0.05) is 11.6 Å². The second kappa shape index (κ2) is 6.81. The molecule has 0 radical (unpaired) electrons. The number of hydrogen-bond donors (Lipinski definition) is 4. The van der Waals surface area contributed by atoms with Gasteiger partial charge in [0.15, 0.2) is 6.04 Å². The number of anilines is 1. The first kappa shape index (κ1) is 15.1. The molecule has 0 saturated carbocycles. The van der Waals surface area contributed by atoms with Gasteiger partial charge in [0.25, 0.3) is 0 Å². The molecule has 1 atom stereocenters. The predicted molar refractivity (Wildman–Crippen MR) is 68.7 cm³/mol. The average Bonchev–Trinajstić information content (AvgIpc) is 2.37. The summed E-state index contributed by atoms with van der Waals surface area (Å²) in [7, 11) is 1.43. The van der Waals surface area contributed by atoms with E-state index in [2.05, 4.69) is 10.6 Å². The minimum atomic E-state index is -1.37. The molecule has 0 aromatic heterocycles. The lowest BCUT2D eigenvalue weighted by molar-refractivity contribution is -0.140. The van der Waals surface area contributed by atoms with E-state index in [1.165, 1.54) is 25.3 Å². The molecule has 0 aliphatic heterocycles. The van der Waals surface area contributed by atoms with E-state index in [-0.39, 0.29) is 0 Å². The van der Waals surface area contributed by atoms with Crippen LogP contribution in [0.25, 0.3) is 0 Å². The maximum absolute atomic E-state index is 11.5. The Morgan fingerprint density at radius 2 is 2.16 bits per heavy atom. The molecule has 0 spiro atoms. The molecule has 0 bridgehead atoms. The van der Waals surface area contributed by atoms with Crippen molar-refractivity contribution in [2.24, 2.45) is 0 Å². The number of carbonyl (C=O) groups is 2. The largest absolute Gasteiger partial charge is 0.495 e. The molecule has 1 aromatic rings. The number of aliphatic carboxylic acids is 1. The number of benzene rings is 1. The number of ether oxygens (including phenoxy) is 1. The zero-order chi connectivity index (χ0) is 14.4. The highest BCUT2D eigenvalue weighted by Gasteiger charge is 2.18. The second-order valence-electron chi connectivity index (χ2n) is 3.52. The SMILES string of the molecule is COc1cc(NC(=O)NC(CO)C(=O)O)ccc1Cl. The molecule has 1 aromatic carbocycles. The molecule has 0 saturated heterocycles. The highest BCUT2D eigenvalue weighted by Crippen LogP contribution is 2.27. The van der Waals surface area contributed by atoms with E-state index in [1.54, 1.807) is 0 Å². The quantitative estimate of drug-likeness (QED) is 0.644. The number of amides is 2. The lowest BCUT2D eigenvalue weighted by atomic mass is 10.3. The molecule has 0 aliphatic rings. The third kappa shape index (κ3) is 4.31. The summed E-state index contributed by atoms with van der Waals surface area (Å²) in [5, 5.41) is 22.3. The van der Waals surface area contributed by atoms with Gasteiger partial charge in [0, 0.05) is 11.8 Å². The van der Waals surface area contributed by atoms with E-state index >= 15 is 0 Å². The molecule has 8 heteroatoms. The first-order valence-electron chi connectivity index (χ1n) is 5.22. The normalized spacial score (nSPS) is 11.5. The molecule has 7 nitrogen and oxygen atoms in total. The van der Waals surface area contributed by atoms with Crippen molar-refractivity contribution in [3.8, 4) is 5.75 Å². The number of aliphatic hydroxyl groups excluding tert-OH is 1. The van der Waals surface area contributed by atoms with Crippen LogP contribution in [0.1, 0.15) is 0 Å². The lowest BCUT2D eigenvalue weighted by Crippen LogP contribution is -2.45. The molecule has 0 heterocycles. The first-order valence-corrected chi connectivity index (χ1v) is 5.60. The van der Waals surface area contributed by atoms with E-state index < -0.39 is 24.6 Å². The number of halogens is 1. The van der Waals surface area contributed by atoms with Gasteiger partial charge in [0.05, 0.1) is 18.7 Å². The van der Waals surface area contributed by atoms with E-state index in [0.29, 0.717) is 16.5 Å². The summed E-state index contributed by atoms with van der Waals surface area (Å²) in [6, 6.07) is 2.41. The van der Waals surface area contributed by atoms with Crippen LogP contribution in [-0.4, -0.2) is 42.0 Å². The fraction of sp³-hybridized carbons (Fsp3) is 0.273. The predicted octanol–water partition coefficient (Wildman–Crippen LogP) is 0.916. The van der Waals surface area contributed by atoms with Crippen molar-refractivity contribution in [2.75, 3.05) is 19.0 Å². The third-order valence-electron chi connectivity index (χ3n) is 2.19. The molecule has 4 N–H and O–H groups in total. The molecular weight excluding hydrogens is 276 g/mol. The van der Waals surface area contributed by atoms with E-state index in [1.807, 2.05) is 0 Å². The van der Waals surface area contributed by atoms with Crippen LogP contribution in [0.4, 0.5) is 10.5 Å². The first-order chi connectivity index (χ1) is 8.97. The van der Waals surface area contributed by atoms with Crippen LogP contribution in [0.15, 0.2) is 18.2 Å². The van der Waals surface area contributed by atoms with Gasteiger partial charge in [-0.05, 0) is 12.1 Å². The fourth-order valence-corrected chi connectivity index (χ4v) is 1.44. The van der Waals surface area contributed by atoms with Gasteiger partial charge in [0.1, 0.15) is 5.75 Å². The Bertz CT molecular complexity index is 480. The van der Waals surface area contributed by atoms with Crippen LogP contribution in [0.3, 0.4) is 0 Å². The maximum atomic E-state index is 11.5. The van der Waals surface area contributed by atoms with Crippen molar-refractivity contribution in [3.63, 3.8) is 0 Å².